The van der Waals surface area contributed by atoms with Gasteiger partial charge in [0.15, 0.2) is 11.5 Å². The third-order valence-corrected chi connectivity index (χ3v) is 3.69. The monoisotopic (exact) mass is 308 g/mol. The van der Waals surface area contributed by atoms with Crippen molar-refractivity contribution in [1.29, 1.82) is 0 Å². The number of rotatable bonds is 2. The second-order valence-electron chi connectivity index (χ2n) is 5.35. The van der Waals surface area contributed by atoms with Crippen molar-refractivity contribution in [1.82, 2.24) is 15.0 Å². The van der Waals surface area contributed by atoms with Gasteiger partial charge in [-0.05, 0) is 42.5 Å². The van der Waals surface area contributed by atoms with Crippen molar-refractivity contribution in [2.45, 2.75) is 6.42 Å². The highest BCUT2D eigenvalue weighted by Crippen LogP contribution is 2.33. The third kappa shape index (κ3) is 2.70. The Morgan fingerprint density at radius 1 is 0.957 bits per heavy atom. The lowest BCUT2D eigenvalue weighted by Crippen LogP contribution is -1.97. The van der Waals surface area contributed by atoms with E-state index in [1.807, 2.05) is 48.7 Å². The number of anilines is 1. The van der Waals surface area contributed by atoms with E-state index < -0.39 is 0 Å². The van der Waals surface area contributed by atoms with Crippen LogP contribution in [0.25, 0.3) is 16.9 Å². The van der Waals surface area contributed by atoms with Crippen LogP contribution in [0, 0.1) is 0 Å². The van der Waals surface area contributed by atoms with Gasteiger partial charge in [0.25, 0.3) is 0 Å². The molecule has 0 saturated heterocycles. The Labute approximate surface area is 133 Å². The van der Waals surface area contributed by atoms with Gasteiger partial charge in [0.05, 0.1) is 25.1 Å². The molecule has 0 amide bonds. The molecular formula is C17H16N4O2. The average molecular weight is 308 g/mol. The molecule has 0 saturated carbocycles. The second-order valence-corrected chi connectivity index (χ2v) is 5.35. The molecule has 0 fully saturated rings. The molecule has 0 bridgehead atoms. The number of nitrogen functional groups attached to an aromatic ring is 1. The first-order valence-electron chi connectivity index (χ1n) is 7.48. The van der Waals surface area contributed by atoms with Crippen LogP contribution in [0.2, 0.25) is 0 Å². The minimum atomic E-state index is 0.661. The molecule has 1 aromatic heterocycles. The quantitative estimate of drug-likeness (QED) is 0.737. The van der Waals surface area contributed by atoms with Crippen LogP contribution in [-0.2, 0) is 0 Å². The van der Waals surface area contributed by atoms with E-state index in [4.69, 9.17) is 15.2 Å². The maximum Gasteiger partial charge on any atom is 0.161 e. The number of hydrogen-bond donors (Lipinski definition) is 1. The maximum absolute atomic E-state index is 5.72. The predicted octanol–water partition coefficient (Wildman–Crippen LogP) is 2.68. The summed E-state index contributed by atoms with van der Waals surface area (Å²) in [4.78, 5) is 0. The van der Waals surface area contributed by atoms with Crippen molar-refractivity contribution >= 4 is 5.69 Å². The molecule has 0 unspecified atom stereocenters. The summed E-state index contributed by atoms with van der Waals surface area (Å²) in [6, 6.07) is 13.3. The normalized spacial score (nSPS) is 13.6. The number of hydrogen-bond acceptors (Lipinski definition) is 5. The molecule has 2 N–H and O–H groups in total. The van der Waals surface area contributed by atoms with E-state index in [-0.39, 0.29) is 0 Å². The van der Waals surface area contributed by atoms with E-state index in [1.165, 1.54) is 0 Å². The van der Waals surface area contributed by atoms with E-state index in [0.717, 1.165) is 40.6 Å². The van der Waals surface area contributed by atoms with Crippen LogP contribution < -0.4 is 15.2 Å². The molecule has 0 radical (unpaired) electrons. The summed E-state index contributed by atoms with van der Waals surface area (Å²) in [7, 11) is 0. The lowest BCUT2D eigenvalue weighted by atomic mass is 10.1. The van der Waals surface area contributed by atoms with Gasteiger partial charge in [-0.15, -0.1) is 5.10 Å². The van der Waals surface area contributed by atoms with Crippen molar-refractivity contribution in [2.75, 3.05) is 18.9 Å². The second kappa shape index (κ2) is 5.64. The Morgan fingerprint density at radius 3 is 2.57 bits per heavy atom. The minimum absolute atomic E-state index is 0.661. The Hall–Kier alpha value is -3.02. The SMILES string of the molecule is Nc1ccc(-n2cc(-c3ccc4c(c3)OCCCO4)nn2)cc1. The van der Waals surface area contributed by atoms with Gasteiger partial charge < -0.3 is 15.2 Å². The van der Waals surface area contributed by atoms with E-state index in [2.05, 4.69) is 10.3 Å². The first-order valence-corrected chi connectivity index (χ1v) is 7.48. The number of aromatic nitrogens is 3. The van der Waals surface area contributed by atoms with Crippen LogP contribution in [0.5, 0.6) is 11.5 Å². The molecule has 1 aliphatic heterocycles. The molecule has 6 heteroatoms. The average Bonchev–Trinajstić information content (AvgIpc) is 2.94. The lowest BCUT2D eigenvalue weighted by molar-refractivity contribution is 0.297. The highest BCUT2D eigenvalue weighted by atomic mass is 16.5. The van der Waals surface area contributed by atoms with Crippen LogP contribution in [0.3, 0.4) is 0 Å². The topological polar surface area (TPSA) is 75.2 Å². The van der Waals surface area contributed by atoms with Gasteiger partial charge >= 0.3 is 0 Å². The van der Waals surface area contributed by atoms with Crippen LogP contribution in [0.4, 0.5) is 5.69 Å². The Bertz CT molecular complexity index is 827. The smallest absolute Gasteiger partial charge is 0.161 e. The van der Waals surface area contributed by atoms with Gasteiger partial charge in [-0.2, -0.15) is 0 Å². The van der Waals surface area contributed by atoms with Gasteiger partial charge in [0.2, 0.25) is 0 Å². The number of nitrogens with zero attached hydrogens (tertiary/aromatic N) is 3. The van der Waals surface area contributed by atoms with E-state index >= 15 is 0 Å². The zero-order chi connectivity index (χ0) is 15.6. The molecule has 0 aliphatic carbocycles. The Kier molecular flexibility index (Phi) is 3.34. The molecule has 4 rings (SSSR count). The van der Waals surface area contributed by atoms with Gasteiger partial charge in [-0.3, -0.25) is 0 Å². The van der Waals surface area contributed by atoms with Gasteiger partial charge in [0.1, 0.15) is 5.69 Å². The van der Waals surface area contributed by atoms with Gasteiger partial charge in [-0.25, -0.2) is 4.68 Å². The molecule has 0 spiro atoms. The fraction of sp³-hybridized carbons (Fsp3) is 0.176. The van der Waals surface area contributed by atoms with Crippen molar-refractivity contribution < 1.29 is 9.47 Å². The van der Waals surface area contributed by atoms with Gasteiger partial charge in [-0.1, -0.05) is 5.21 Å². The predicted molar refractivity (Wildman–Crippen MR) is 86.8 cm³/mol. The van der Waals surface area contributed by atoms with Crippen LogP contribution in [0.15, 0.2) is 48.7 Å². The van der Waals surface area contributed by atoms with Crippen molar-refractivity contribution in [3.05, 3.63) is 48.7 Å². The first kappa shape index (κ1) is 13.6. The fourth-order valence-corrected chi connectivity index (χ4v) is 2.47. The largest absolute Gasteiger partial charge is 0.490 e. The van der Waals surface area contributed by atoms with Crippen molar-refractivity contribution in [3.63, 3.8) is 0 Å². The zero-order valence-corrected chi connectivity index (χ0v) is 12.5. The molecule has 23 heavy (non-hydrogen) atoms. The minimum Gasteiger partial charge on any atom is -0.490 e. The summed E-state index contributed by atoms with van der Waals surface area (Å²) >= 11 is 0. The maximum atomic E-state index is 5.72. The van der Waals surface area contributed by atoms with E-state index in [1.54, 1.807) is 4.68 Å². The number of benzene rings is 2. The molecule has 3 aromatic rings. The molecule has 2 aromatic carbocycles. The highest BCUT2D eigenvalue weighted by molar-refractivity contribution is 5.63. The lowest BCUT2D eigenvalue weighted by Gasteiger charge is -2.07. The molecule has 0 atom stereocenters. The highest BCUT2D eigenvalue weighted by Gasteiger charge is 2.13. The van der Waals surface area contributed by atoms with Crippen molar-refractivity contribution in [3.8, 4) is 28.4 Å². The van der Waals surface area contributed by atoms with Crippen LogP contribution in [-0.4, -0.2) is 28.2 Å². The number of ether oxygens (including phenoxy) is 2. The molecule has 116 valence electrons. The number of fused-ring (bicyclic) bond motifs is 1. The summed E-state index contributed by atoms with van der Waals surface area (Å²) in [5, 5.41) is 8.42. The molecule has 2 heterocycles. The molecule has 1 aliphatic rings. The van der Waals surface area contributed by atoms with E-state index in [0.29, 0.717) is 13.2 Å². The zero-order valence-electron chi connectivity index (χ0n) is 12.5. The number of nitrogens with two attached hydrogens (primary N) is 1. The summed E-state index contributed by atoms with van der Waals surface area (Å²) in [5.41, 5.74) is 9.05. The third-order valence-electron chi connectivity index (χ3n) is 3.69. The summed E-state index contributed by atoms with van der Waals surface area (Å²) < 4.78 is 13.1. The Balaban J connectivity index is 1.66. The summed E-state index contributed by atoms with van der Waals surface area (Å²) in [6.07, 6.45) is 2.77. The summed E-state index contributed by atoms with van der Waals surface area (Å²) in [6.45, 7) is 1.34. The van der Waals surface area contributed by atoms with Crippen molar-refractivity contribution in [2.24, 2.45) is 0 Å². The van der Waals surface area contributed by atoms with E-state index in [9.17, 15) is 0 Å². The fourth-order valence-electron chi connectivity index (χ4n) is 2.47. The Morgan fingerprint density at radius 2 is 1.74 bits per heavy atom. The van der Waals surface area contributed by atoms with Gasteiger partial charge in [0, 0.05) is 17.7 Å². The van der Waals surface area contributed by atoms with Crippen LogP contribution >= 0.6 is 0 Å². The summed E-state index contributed by atoms with van der Waals surface area (Å²) in [5.74, 6) is 1.53. The molecule has 6 nitrogen and oxygen atoms in total. The first-order chi connectivity index (χ1) is 11.3. The molecular weight excluding hydrogens is 292 g/mol. The standard InChI is InChI=1S/C17H16N4O2/c18-13-3-5-14(6-4-13)21-11-15(19-20-21)12-2-7-16-17(10-12)23-9-1-8-22-16/h2-7,10-11H,1,8-9,18H2. The van der Waals surface area contributed by atoms with Crippen LogP contribution in [0.1, 0.15) is 6.42 Å².